The predicted molar refractivity (Wildman–Crippen MR) is 67.2 cm³/mol. The second kappa shape index (κ2) is 6.24. The molecule has 0 aromatic carbocycles. The number of carboxylic acid groups (broad SMARTS) is 1. The first-order chi connectivity index (χ1) is 10.9. The predicted octanol–water partition coefficient (Wildman–Crippen LogP) is 0.822. The van der Waals surface area contributed by atoms with E-state index in [9.17, 15) is 48.0 Å². The van der Waals surface area contributed by atoms with Gasteiger partial charge in [0.05, 0.1) is 5.92 Å². The maximum atomic E-state index is 13.7. The molecule has 1 aliphatic rings. The summed E-state index contributed by atoms with van der Waals surface area (Å²) in [5, 5.41) is -4.71. The number of halogens is 6. The van der Waals surface area contributed by atoms with Gasteiger partial charge in [0.1, 0.15) is 0 Å². The highest BCUT2D eigenvalue weighted by Gasteiger charge is 2.82. The standard InChI is InChI=1S/C9H11F6NO7S2/c10-7(11,9(14,15)25(21,22)23)8(12,13)24(19,20)16-3-1-5(2-4-16)6(17)18/h5H,1-4H2,(H,17,18)(H,21,22,23). The summed E-state index contributed by atoms with van der Waals surface area (Å²) >= 11 is 0. The molecule has 16 heteroatoms. The van der Waals surface area contributed by atoms with Gasteiger partial charge in [-0.1, -0.05) is 0 Å². The maximum Gasteiger partial charge on any atom is 0.439 e. The van der Waals surface area contributed by atoms with Crippen molar-refractivity contribution in [3.05, 3.63) is 0 Å². The smallest absolute Gasteiger partial charge is 0.439 e. The molecule has 2 N–H and O–H groups in total. The van der Waals surface area contributed by atoms with Gasteiger partial charge >= 0.3 is 32.5 Å². The number of carboxylic acids is 1. The average Bonchev–Trinajstić information content (AvgIpc) is 2.45. The summed E-state index contributed by atoms with van der Waals surface area (Å²) in [6, 6.07) is 0. The third kappa shape index (κ3) is 3.31. The molecule has 0 amide bonds. The van der Waals surface area contributed by atoms with Gasteiger partial charge in [0, 0.05) is 13.1 Å². The summed E-state index contributed by atoms with van der Waals surface area (Å²) in [7, 11) is -13.6. The summed E-state index contributed by atoms with van der Waals surface area (Å²) in [5.41, 5.74) is 0. The minimum Gasteiger partial charge on any atom is -0.481 e. The van der Waals surface area contributed by atoms with Crippen LogP contribution >= 0.6 is 0 Å². The monoisotopic (exact) mass is 423 g/mol. The Labute approximate surface area is 137 Å². The molecule has 8 nitrogen and oxygen atoms in total. The van der Waals surface area contributed by atoms with Crippen molar-refractivity contribution in [3.63, 3.8) is 0 Å². The summed E-state index contributed by atoms with van der Waals surface area (Å²) in [5.74, 6) is -9.55. The van der Waals surface area contributed by atoms with Crippen molar-refractivity contribution < 1.29 is 57.6 Å². The van der Waals surface area contributed by atoms with Crippen LogP contribution in [0, 0.1) is 5.92 Å². The molecule has 148 valence electrons. The molecule has 0 radical (unpaired) electrons. The van der Waals surface area contributed by atoms with Gasteiger partial charge in [-0.15, -0.1) is 0 Å². The highest BCUT2D eigenvalue weighted by molar-refractivity contribution is 7.90. The van der Waals surface area contributed by atoms with Gasteiger partial charge in [0.2, 0.25) is 0 Å². The number of carbonyl (C=O) groups is 1. The number of alkyl halides is 6. The van der Waals surface area contributed by atoms with Crippen molar-refractivity contribution >= 4 is 26.1 Å². The number of hydrogen-bond acceptors (Lipinski definition) is 5. The molecule has 1 fully saturated rings. The second-order valence-corrected chi connectivity index (χ2v) is 8.54. The number of piperidine rings is 1. The first kappa shape index (κ1) is 21.9. The zero-order valence-corrected chi connectivity index (χ0v) is 13.5. The Morgan fingerprint density at radius 1 is 0.920 bits per heavy atom. The van der Waals surface area contributed by atoms with Crippen LogP contribution in [0.4, 0.5) is 26.3 Å². The molecule has 0 atom stereocenters. The lowest BCUT2D eigenvalue weighted by atomic mass is 9.99. The van der Waals surface area contributed by atoms with E-state index in [4.69, 9.17) is 9.66 Å². The van der Waals surface area contributed by atoms with E-state index < -0.39 is 74.4 Å². The summed E-state index contributed by atoms with van der Waals surface area (Å²) in [6.07, 6.45) is -1.10. The van der Waals surface area contributed by atoms with E-state index in [1.807, 2.05) is 0 Å². The van der Waals surface area contributed by atoms with Crippen LogP contribution in [0.1, 0.15) is 12.8 Å². The molecule has 0 aromatic rings. The Balaban J connectivity index is 3.26. The van der Waals surface area contributed by atoms with Crippen LogP contribution in [-0.2, 0) is 24.9 Å². The van der Waals surface area contributed by atoms with E-state index in [2.05, 4.69) is 0 Å². The molecule has 0 aliphatic carbocycles. The molecule has 1 heterocycles. The van der Waals surface area contributed by atoms with Crippen LogP contribution in [-0.4, -0.2) is 66.3 Å². The third-order valence-corrected chi connectivity index (χ3v) is 6.38. The van der Waals surface area contributed by atoms with Crippen LogP contribution in [0.25, 0.3) is 0 Å². The van der Waals surface area contributed by atoms with E-state index in [0.29, 0.717) is 0 Å². The molecule has 1 aliphatic heterocycles. The molecular formula is C9H11F6NO7S2. The number of sulfonamides is 1. The number of nitrogens with zero attached hydrogens (tertiary/aromatic N) is 1. The van der Waals surface area contributed by atoms with Crippen molar-refractivity contribution in [2.45, 2.75) is 29.3 Å². The van der Waals surface area contributed by atoms with Gasteiger partial charge in [0.15, 0.2) is 0 Å². The Kier molecular flexibility index (Phi) is 5.47. The van der Waals surface area contributed by atoms with Gasteiger partial charge in [-0.25, -0.2) is 8.42 Å². The van der Waals surface area contributed by atoms with Gasteiger partial charge < -0.3 is 5.11 Å². The summed E-state index contributed by atoms with van der Waals surface area (Å²) < 4.78 is 132. The quantitative estimate of drug-likeness (QED) is 0.478. The SMILES string of the molecule is O=C(O)C1CCN(S(=O)(=O)C(F)(F)C(F)(F)C(F)(F)S(=O)(=O)O)CC1. The molecule has 1 saturated heterocycles. The van der Waals surface area contributed by atoms with Gasteiger partial charge in [0.25, 0.3) is 10.0 Å². The van der Waals surface area contributed by atoms with Crippen molar-refractivity contribution in [2.24, 2.45) is 5.92 Å². The lowest BCUT2D eigenvalue weighted by molar-refractivity contribution is -0.247. The van der Waals surface area contributed by atoms with Crippen molar-refractivity contribution in [1.29, 1.82) is 0 Å². The van der Waals surface area contributed by atoms with Crippen LogP contribution < -0.4 is 0 Å². The second-order valence-electron chi connectivity index (χ2n) is 5.10. The first-order valence-electron chi connectivity index (χ1n) is 6.24. The fraction of sp³-hybridized carbons (Fsp3) is 0.889. The van der Waals surface area contributed by atoms with Crippen LogP contribution in [0.15, 0.2) is 0 Å². The topological polar surface area (TPSA) is 129 Å². The van der Waals surface area contributed by atoms with E-state index >= 15 is 0 Å². The summed E-state index contributed by atoms with van der Waals surface area (Å²) in [6.45, 7) is -1.97. The Hall–Kier alpha value is -1.13. The Morgan fingerprint density at radius 2 is 1.32 bits per heavy atom. The first-order valence-corrected chi connectivity index (χ1v) is 9.12. The maximum absolute atomic E-state index is 13.7. The Morgan fingerprint density at radius 3 is 1.64 bits per heavy atom. The Bertz CT molecular complexity index is 742. The molecule has 0 bridgehead atoms. The van der Waals surface area contributed by atoms with E-state index in [0.717, 1.165) is 0 Å². The highest BCUT2D eigenvalue weighted by Crippen LogP contribution is 2.51. The highest BCUT2D eigenvalue weighted by atomic mass is 32.2. The zero-order chi connectivity index (χ0) is 20.1. The number of hydrogen-bond donors (Lipinski definition) is 2. The normalized spacial score (nSPS) is 19.8. The minimum absolute atomic E-state index is 0.333. The molecule has 0 unspecified atom stereocenters. The fourth-order valence-electron chi connectivity index (χ4n) is 2.00. The van der Waals surface area contributed by atoms with Gasteiger partial charge in [-0.05, 0) is 12.8 Å². The molecule has 0 saturated carbocycles. The summed E-state index contributed by atoms with van der Waals surface area (Å²) in [4.78, 5) is 10.7. The lowest BCUT2D eigenvalue weighted by Crippen LogP contribution is -2.63. The largest absolute Gasteiger partial charge is 0.481 e. The minimum atomic E-state index is -7.08. The molecular weight excluding hydrogens is 412 g/mol. The average molecular weight is 423 g/mol. The van der Waals surface area contributed by atoms with Crippen molar-refractivity contribution in [2.75, 3.05) is 13.1 Å². The fourth-order valence-corrected chi connectivity index (χ4v) is 3.98. The van der Waals surface area contributed by atoms with Gasteiger partial charge in [-0.3, -0.25) is 9.35 Å². The van der Waals surface area contributed by atoms with E-state index in [-0.39, 0.29) is 4.31 Å². The van der Waals surface area contributed by atoms with Crippen LogP contribution in [0.2, 0.25) is 0 Å². The molecule has 25 heavy (non-hydrogen) atoms. The van der Waals surface area contributed by atoms with Crippen LogP contribution in [0.5, 0.6) is 0 Å². The third-order valence-electron chi connectivity index (χ3n) is 3.52. The molecule has 1 rings (SSSR count). The zero-order valence-electron chi connectivity index (χ0n) is 11.9. The molecule has 0 spiro atoms. The number of rotatable bonds is 6. The van der Waals surface area contributed by atoms with E-state index in [1.165, 1.54) is 0 Å². The van der Waals surface area contributed by atoms with Crippen molar-refractivity contribution in [1.82, 2.24) is 4.31 Å². The van der Waals surface area contributed by atoms with Crippen molar-refractivity contribution in [3.8, 4) is 0 Å². The number of aliphatic carboxylic acids is 1. The van der Waals surface area contributed by atoms with Crippen LogP contribution in [0.3, 0.4) is 0 Å². The lowest BCUT2D eigenvalue weighted by Gasteiger charge is -2.36. The van der Waals surface area contributed by atoms with Gasteiger partial charge in [-0.2, -0.15) is 39.1 Å². The molecule has 0 aromatic heterocycles. The van der Waals surface area contributed by atoms with E-state index in [1.54, 1.807) is 0 Å².